The number of Topliss-reactive ketones (excluding diaryl/α,β-unsaturated/α-hetero) is 1. The Morgan fingerprint density at radius 1 is 1.11 bits per heavy atom. The van der Waals surface area contributed by atoms with Crippen molar-refractivity contribution in [2.45, 2.75) is 26.7 Å². The van der Waals surface area contributed by atoms with Crippen LogP contribution in [0.5, 0.6) is 0 Å². The van der Waals surface area contributed by atoms with Crippen LogP contribution in [0.25, 0.3) is 0 Å². The third-order valence-corrected chi connectivity index (χ3v) is 4.34. The molecule has 3 rings (SSSR count). The lowest BCUT2D eigenvalue weighted by Gasteiger charge is -2.38. The maximum absolute atomic E-state index is 12.2. The number of aromatic nitrogens is 1. The van der Waals surface area contributed by atoms with Crippen LogP contribution in [0.4, 0.5) is 0 Å². The molecule has 104 valence electrons. The lowest BCUT2D eigenvalue weighted by atomic mass is 9.76. The summed E-state index contributed by atoms with van der Waals surface area (Å²) in [6.07, 6.45) is 3.75. The zero-order valence-corrected chi connectivity index (χ0v) is 12.1. The largest absolute Gasteiger partial charge is 0.311 e. The number of ketones is 1. The van der Waals surface area contributed by atoms with Gasteiger partial charge in [-0.2, -0.15) is 0 Å². The maximum atomic E-state index is 12.2. The third kappa shape index (κ3) is 2.29. The van der Waals surface area contributed by atoms with E-state index in [1.165, 1.54) is 5.69 Å². The van der Waals surface area contributed by atoms with Crippen molar-refractivity contribution in [1.29, 1.82) is 0 Å². The van der Waals surface area contributed by atoms with Gasteiger partial charge in [-0.1, -0.05) is 13.8 Å². The predicted octanol–water partition coefficient (Wildman–Crippen LogP) is 1.53. The molecule has 0 atom stereocenters. The Bertz CT molecular complexity index is 495. The first kappa shape index (κ1) is 12.7. The van der Waals surface area contributed by atoms with E-state index in [2.05, 4.69) is 41.7 Å². The average molecular weight is 261 g/mol. The number of likely N-dealkylation sites (N-methyl/N-ethyl adjacent to an activating group) is 1. The molecular weight excluding hydrogens is 238 g/mol. The summed E-state index contributed by atoms with van der Waals surface area (Å²) in [6, 6.07) is 2.01. The number of rotatable bonds is 1. The fourth-order valence-corrected chi connectivity index (χ4v) is 3.21. The van der Waals surface area contributed by atoms with E-state index in [1.54, 1.807) is 0 Å². The van der Waals surface area contributed by atoms with Gasteiger partial charge >= 0.3 is 0 Å². The van der Waals surface area contributed by atoms with Crippen molar-refractivity contribution >= 4 is 5.78 Å². The van der Waals surface area contributed by atoms with E-state index >= 15 is 0 Å². The average Bonchev–Trinajstić information content (AvgIpc) is 2.72. The first-order valence-electron chi connectivity index (χ1n) is 7.13. The number of hydrogen-bond acceptors (Lipinski definition) is 3. The van der Waals surface area contributed by atoms with Crippen molar-refractivity contribution in [3.05, 3.63) is 23.5 Å². The van der Waals surface area contributed by atoms with Crippen molar-refractivity contribution in [2.24, 2.45) is 5.41 Å². The van der Waals surface area contributed by atoms with E-state index in [0.717, 1.165) is 38.2 Å². The van der Waals surface area contributed by atoms with Gasteiger partial charge in [0.25, 0.3) is 0 Å². The molecule has 1 aliphatic carbocycles. The zero-order chi connectivity index (χ0) is 13.6. The fourth-order valence-electron chi connectivity index (χ4n) is 3.21. The topological polar surface area (TPSA) is 28.5 Å². The Balaban J connectivity index is 1.91. The number of piperazine rings is 1. The molecule has 0 aromatic carbocycles. The van der Waals surface area contributed by atoms with Crippen LogP contribution in [0.3, 0.4) is 0 Å². The van der Waals surface area contributed by atoms with Gasteiger partial charge in [0, 0.05) is 44.4 Å². The van der Waals surface area contributed by atoms with Crippen molar-refractivity contribution in [3.63, 3.8) is 0 Å². The van der Waals surface area contributed by atoms with Crippen LogP contribution in [-0.2, 0) is 6.42 Å². The lowest BCUT2D eigenvalue weighted by molar-refractivity contribution is 0.0909. The van der Waals surface area contributed by atoms with Crippen molar-refractivity contribution < 1.29 is 4.79 Å². The van der Waals surface area contributed by atoms with Crippen LogP contribution in [0.15, 0.2) is 12.3 Å². The highest BCUT2D eigenvalue weighted by Crippen LogP contribution is 2.35. The number of carbonyl (C=O) groups is 1. The molecule has 0 saturated carbocycles. The van der Waals surface area contributed by atoms with E-state index < -0.39 is 0 Å². The number of carbonyl (C=O) groups excluding carboxylic acids is 1. The number of nitrogens with zero attached hydrogens (tertiary/aromatic N) is 3. The standard InChI is InChI=1S/C15H23N3O/c1-15(2)10-13-12(14(19)11-15)4-5-18(13)17-8-6-16(3)7-9-17/h4-5H,6-11H2,1-3H3. The second-order valence-corrected chi connectivity index (χ2v) is 6.72. The summed E-state index contributed by atoms with van der Waals surface area (Å²) in [7, 11) is 2.16. The van der Waals surface area contributed by atoms with E-state index in [1.807, 2.05) is 6.07 Å². The van der Waals surface area contributed by atoms with Crippen LogP contribution in [0, 0.1) is 5.41 Å². The molecule has 1 aliphatic heterocycles. The molecule has 0 bridgehead atoms. The molecule has 0 N–H and O–H groups in total. The SMILES string of the molecule is CN1CCN(n2ccc3c2CC(C)(C)CC3=O)CC1. The fraction of sp³-hybridized carbons (Fsp3) is 0.667. The molecule has 0 unspecified atom stereocenters. The Morgan fingerprint density at radius 3 is 2.47 bits per heavy atom. The summed E-state index contributed by atoms with van der Waals surface area (Å²) in [4.78, 5) is 14.6. The monoisotopic (exact) mass is 261 g/mol. The highest BCUT2D eigenvalue weighted by atomic mass is 16.1. The molecule has 2 heterocycles. The van der Waals surface area contributed by atoms with Crippen molar-refractivity contribution in [3.8, 4) is 0 Å². The van der Waals surface area contributed by atoms with E-state index in [0.29, 0.717) is 12.2 Å². The highest BCUT2D eigenvalue weighted by Gasteiger charge is 2.34. The molecule has 1 aromatic heterocycles. The molecular formula is C15H23N3O. The summed E-state index contributed by atoms with van der Waals surface area (Å²) in [5.41, 5.74) is 2.25. The van der Waals surface area contributed by atoms with Crippen LogP contribution in [0.1, 0.15) is 36.3 Å². The molecule has 4 heteroatoms. The molecule has 0 amide bonds. The van der Waals surface area contributed by atoms with Crippen molar-refractivity contribution in [2.75, 3.05) is 38.2 Å². The van der Waals surface area contributed by atoms with E-state index in [9.17, 15) is 4.79 Å². The molecule has 19 heavy (non-hydrogen) atoms. The molecule has 1 saturated heterocycles. The van der Waals surface area contributed by atoms with E-state index in [4.69, 9.17) is 0 Å². The minimum absolute atomic E-state index is 0.0900. The van der Waals surface area contributed by atoms with E-state index in [-0.39, 0.29) is 5.41 Å². The molecule has 0 radical (unpaired) electrons. The Kier molecular flexibility index (Phi) is 2.93. The van der Waals surface area contributed by atoms with Gasteiger partial charge in [-0.15, -0.1) is 0 Å². The van der Waals surface area contributed by atoms with Gasteiger partial charge in [0.1, 0.15) is 0 Å². The minimum Gasteiger partial charge on any atom is -0.311 e. The second-order valence-electron chi connectivity index (χ2n) is 6.72. The Hall–Kier alpha value is -1.29. The van der Waals surface area contributed by atoms with Crippen LogP contribution in [-0.4, -0.2) is 48.6 Å². The third-order valence-electron chi connectivity index (χ3n) is 4.34. The number of hydrogen-bond donors (Lipinski definition) is 0. The first-order chi connectivity index (χ1) is 8.96. The minimum atomic E-state index is 0.0900. The van der Waals surface area contributed by atoms with Gasteiger partial charge in [0.05, 0.1) is 5.69 Å². The molecule has 1 fully saturated rings. The van der Waals surface area contributed by atoms with Crippen LogP contribution in [0.2, 0.25) is 0 Å². The highest BCUT2D eigenvalue weighted by molar-refractivity contribution is 5.98. The number of fused-ring (bicyclic) bond motifs is 1. The second kappa shape index (κ2) is 4.37. The van der Waals surface area contributed by atoms with Gasteiger partial charge in [-0.25, -0.2) is 0 Å². The predicted molar refractivity (Wildman–Crippen MR) is 76.3 cm³/mol. The van der Waals surface area contributed by atoms with Gasteiger partial charge in [0.2, 0.25) is 0 Å². The summed E-state index contributed by atoms with van der Waals surface area (Å²) < 4.78 is 2.24. The quantitative estimate of drug-likeness (QED) is 0.767. The van der Waals surface area contributed by atoms with Gasteiger partial charge in [-0.05, 0) is 24.9 Å². The molecule has 2 aliphatic rings. The summed E-state index contributed by atoms with van der Waals surface area (Å²) in [6.45, 7) is 8.62. The van der Waals surface area contributed by atoms with Gasteiger partial charge in [0.15, 0.2) is 5.78 Å². The van der Waals surface area contributed by atoms with Crippen molar-refractivity contribution in [1.82, 2.24) is 9.58 Å². The molecule has 1 aromatic rings. The Morgan fingerprint density at radius 2 is 1.79 bits per heavy atom. The normalized spacial score (nSPS) is 23.5. The molecule has 0 spiro atoms. The first-order valence-corrected chi connectivity index (χ1v) is 7.13. The summed E-state index contributed by atoms with van der Waals surface area (Å²) in [5, 5.41) is 2.37. The molecule has 4 nitrogen and oxygen atoms in total. The maximum Gasteiger partial charge on any atom is 0.165 e. The Labute approximate surface area is 115 Å². The lowest BCUT2D eigenvalue weighted by Crippen LogP contribution is -2.50. The zero-order valence-electron chi connectivity index (χ0n) is 12.1. The van der Waals surface area contributed by atoms with Gasteiger partial charge < -0.3 is 9.91 Å². The van der Waals surface area contributed by atoms with Gasteiger partial charge in [-0.3, -0.25) is 9.47 Å². The van der Waals surface area contributed by atoms with Crippen LogP contribution < -0.4 is 5.01 Å². The smallest absolute Gasteiger partial charge is 0.165 e. The summed E-state index contributed by atoms with van der Waals surface area (Å²) >= 11 is 0. The summed E-state index contributed by atoms with van der Waals surface area (Å²) in [5.74, 6) is 0.305. The van der Waals surface area contributed by atoms with Crippen LogP contribution >= 0.6 is 0 Å².